The molecule has 0 atom stereocenters. The zero-order valence-corrected chi connectivity index (χ0v) is 13.1. The topological polar surface area (TPSA) is 52.8 Å². The molecule has 0 spiro atoms. The Bertz CT molecular complexity index is 320. The van der Waals surface area contributed by atoms with Crippen LogP contribution in [0.1, 0.15) is 32.6 Å². The molecule has 2 fully saturated rings. The molecule has 116 valence electrons. The Morgan fingerprint density at radius 3 is 2.30 bits per heavy atom. The first-order valence-electron chi connectivity index (χ1n) is 8.03. The van der Waals surface area contributed by atoms with Crippen LogP contribution in [0.2, 0.25) is 0 Å². The fourth-order valence-corrected chi connectivity index (χ4v) is 3.62. The summed E-state index contributed by atoms with van der Waals surface area (Å²) in [4.78, 5) is 19.1. The van der Waals surface area contributed by atoms with Crippen LogP contribution in [0.4, 0.5) is 0 Å². The highest BCUT2D eigenvalue weighted by Crippen LogP contribution is 2.34. The Labute approximate surface area is 123 Å². The lowest BCUT2D eigenvalue weighted by molar-refractivity contribution is -0.135. The Kier molecular flexibility index (Phi) is 5.41. The minimum atomic E-state index is 0.0803. The van der Waals surface area contributed by atoms with E-state index in [0.717, 1.165) is 45.6 Å². The van der Waals surface area contributed by atoms with Gasteiger partial charge in [0.15, 0.2) is 0 Å². The van der Waals surface area contributed by atoms with Crippen molar-refractivity contribution in [2.24, 2.45) is 5.73 Å². The normalized spacial score (nSPS) is 23.5. The first-order valence-corrected chi connectivity index (χ1v) is 8.03. The number of nitrogens with zero attached hydrogens (tertiary/aromatic N) is 3. The van der Waals surface area contributed by atoms with Gasteiger partial charge in [-0.25, -0.2) is 0 Å². The minimum absolute atomic E-state index is 0.0803. The van der Waals surface area contributed by atoms with E-state index >= 15 is 0 Å². The van der Waals surface area contributed by atoms with Crippen molar-refractivity contribution in [3.8, 4) is 0 Å². The molecule has 1 amide bonds. The van der Waals surface area contributed by atoms with E-state index in [2.05, 4.69) is 23.8 Å². The second kappa shape index (κ2) is 6.87. The molecule has 5 heteroatoms. The maximum absolute atomic E-state index is 12.5. The van der Waals surface area contributed by atoms with Crippen molar-refractivity contribution >= 4 is 5.91 Å². The highest BCUT2D eigenvalue weighted by Gasteiger charge is 2.38. The summed E-state index contributed by atoms with van der Waals surface area (Å²) in [6, 6.07) is 0. The number of hydrogen-bond donors (Lipinski definition) is 1. The highest BCUT2D eigenvalue weighted by molar-refractivity contribution is 5.78. The van der Waals surface area contributed by atoms with Gasteiger partial charge in [0.2, 0.25) is 5.91 Å². The number of likely N-dealkylation sites (N-methyl/N-ethyl adjacent to an activating group) is 2. The van der Waals surface area contributed by atoms with Crippen LogP contribution in [0.5, 0.6) is 0 Å². The Morgan fingerprint density at radius 2 is 1.80 bits per heavy atom. The molecule has 0 aromatic rings. The zero-order valence-electron chi connectivity index (χ0n) is 13.1. The van der Waals surface area contributed by atoms with E-state index in [9.17, 15) is 4.79 Å². The van der Waals surface area contributed by atoms with Gasteiger partial charge in [0.1, 0.15) is 0 Å². The van der Waals surface area contributed by atoms with Gasteiger partial charge in [-0.3, -0.25) is 9.69 Å². The third kappa shape index (κ3) is 3.32. The first-order chi connectivity index (χ1) is 9.61. The van der Waals surface area contributed by atoms with E-state index in [0.29, 0.717) is 13.1 Å². The Balaban J connectivity index is 1.94. The molecule has 0 aromatic heterocycles. The van der Waals surface area contributed by atoms with Crippen LogP contribution in [0.25, 0.3) is 0 Å². The SMILES string of the molecule is CCN(CC(=O)N1CCN(C)CC1)C1(CN)CCCC1. The second-order valence-electron chi connectivity index (χ2n) is 6.33. The van der Waals surface area contributed by atoms with Gasteiger partial charge in [0.05, 0.1) is 6.54 Å². The summed E-state index contributed by atoms with van der Waals surface area (Å²) < 4.78 is 0. The maximum Gasteiger partial charge on any atom is 0.236 e. The van der Waals surface area contributed by atoms with Crippen molar-refractivity contribution in [1.29, 1.82) is 0 Å². The van der Waals surface area contributed by atoms with Gasteiger partial charge in [-0.2, -0.15) is 0 Å². The van der Waals surface area contributed by atoms with E-state index in [1.54, 1.807) is 0 Å². The smallest absolute Gasteiger partial charge is 0.236 e. The average Bonchev–Trinajstić information content (AvgIpc) is 2.95. The van der Waals surface area contributed by atoms with Crippen molar-refractivity contribution in [2.75, 3.05) is 52.9 Å². The van der Waals surface area contributed by atoms with E-state index in [1.165, 1.54) is 12.8 Å². The number of nitrogens with two attached hydrogens (primary N) is 1. The molecule has 1 saturated heterocycles. The molecule has 5 nitrogen and oxygen atoms in total. The predicted octanol–water partition coefficient (Wildman–Crippen LogP) is 0.354. The lowest BCUT2D eigenvalue weighted by atomic mass is 9.95. The number of hydrogen-bond acceptors (Lipinski definition) is 4. The largest absolute Gasteiger partial charge is 0.339 e. The van der Waals surface area contributed by atoms with Crippen molar-refractivity contribution < 1.29 is 4.79 Å². The summed E-state index contributed by atoms with van der Waals surface area (Å²) in [7, 11) is 2.11. The number of piperazine rings is 1. The van der Waals surface area contributed by atoms with Crippen LogP contribution in [-0.2, 0) is 4.79 Å². The fraction of sp³-hybridized carbons (Fsp3) is 0.933. The lowest BCUT2D eigenvalue weighted by Gasteiger charge is -2.41. The molecule has 0 bridgehead atoms. The summed E-state index contributed by atoms with van der Waals surface area (Å²) in [5.41, 5.74) is 6.12. The lowest BCUT2D eigenvalue weighted by Crippen LogP contribution is -2.57. The molecule has 2 rings (SSSR count). The van der Waals surface area contributed by atoms with E-state index in [-0.39, 0.29) is 11.4 Å². The zero-order chi connectivity index (χ0) is 14.6. The summed E-state index contributed by atoms with van der Waals surface area (Å²) in [5, 5.41) is 0. The number of amides is 1. The van der Waals surface area contributed by atoms with E-state index in [4.69, 9.17) is 5.73 Å². The summed E-state index contributed by atoms with van der Waals surface area (Å²) in [6.07, 6.45) is 4.79. The van der Waals surface area contributed by atoms with Crippen molar-refractivity contribution in [3.63, 3.8) is 0 Å². The number of rotatable bonds is 5. The third-order valence-corrected chi connectivity index (χ3v) is 5.15. The molecule has 2 N–H and O–H groups in total. The van der Waals surface area contributed by atoms with Crippen LogP contribution >= 0.6 is 0 Å². The van der Waals surface area contributed by atoms with Gasteiger partial charge in [0.25, 0.3) is 0 Å². The molecule has 0 radical (unpaired) electrons. The van der Waals surface area contributed by atoms with E-state index < -0.39 is 0 Å². The van der Waals surface area contributed by atoms with E-state index in [1.807, 2.05) is 4.90 Å². The van der Waals surface area contributed by atoms with Gasteiger partial charge in [-0.15, -0.1) is 0 Å². The molecule has 1 aliphatic carbocycles. The molecular weight excluding hydrogens is 252 g/mol. The van der Waals surface area contributed by atoms with Crippen molar-refractivity contribution in [2.45, 2.75) is 38.1 Å². The maximum atomic E-state index is 12.5. The van der Waals surface area contributed by atoms with Crippen LogP contribution in [0, 0.1) is 0 Å². The predicted molar refractivity (Wildman–Crippen MR) is 81.6 cm³/mol. The van der Waals surface area contributed by atoms with Gasteiger partial charge < -0.3 is 15.5 Å². The standard InChI is InChI=1S/C15H30N4O/c1-3-19(15(13-16)6-4-5-7-15)12-14(20)18-10-8-17(2)9-11-18/h3-13,16H2,1-2H3. The highest BCUT2D eigenvalue weighted by atomic mass is 16.2. The second-order valence-corrected chi connectivity index (χ2v) is 6.33. The summed E-state index contributed by atoms with van der Waals surface area (Å²) >= 11 is 0. The molecule has 1 saturated carbocycles. The molecule has 2 aliphatic rings. The van der Waals surface area contributed by atoms with Gasteiger partial charge in [-0.05, 0) is 26.4 Å². The average molecular weight is 282 g/mol. The van der Waals surface area contributed by atoms with Crippen molar-refractivity contribution in [1.82, 2.24) is 14.7 Å². The van der Waals surface area contributed by atoms with Gasteiger partial charge in [-0.1, -0.05) is 19.8 Å². The molecule has 1 heterocycles. The van der Waals surface area contributed by atoms with Crippen LogP contribution < -0.4 is 5.73 Å². The third-order valence-electron chi connectivity index (χ3n) is 5.15. The number of carbonyl (C=O) groups is 1. The van der Waals surface area contributed by atoms with Crippen molar-refractivity contribution in [3.05, 3.63) is 0 Å². The first kappa shape index (κ1) is 15.7. The monoisotopic (exact) mass is 282 g/mol. The summed E-state index contributed by atoms with van der Waals surface area (Å²) in [6.45, 7) is 7.97. The molecular formula is C15H30N4O. The van der Waals surface area contributed by atoms with Crippen LogP contribution in [0.3, 0.4) is 0 Å². The minimum Gasteiger partial charge on any atom is -0.339 e. The molecule has 0 unspecified atom stereocenters. The molecule has 1 aliphatic heterocycles. The molecule has 0 aromatic carbocycles. The van der Waals surface area contributed by atoms with Gasteiger partial charge in [0, 0.05) is 38.3 Å². The van der Waals surface area contributed by atoms with Crippen LogP contribution in [-0.4, -0.2) is 79.0 Å². The Hall–Kier alpha value is -0.650. The Morgan fingerprint density at radius 1 is 1.20 bits per heavy atom. The van der Waals surface area contributed by atoms with Gasteiger partial charge >= 0.3 is 0 Å². The molecule has 20 heavy (non-hydrogen) atoms. The van der Waals surface area contributed by atoms with Crippen LogP contribution in [0.15, 0.2) is 0 Å². The quantitative estimate of drug-likeness (QED) is 0.791. The summed E-state index contributed by atoms with van der Waals surface area (Å²) in [5.74, 6) is 0.277. The fourth-order valence-electron chi connectivity index (χ4n) is 3.62. The number of carbonyl (C=O) groups excluding carboxylic acids is 1.